The zero-order valence-corrected chi connectivity index (χ0v) is 13.3. The standard InChI is InChI=1S/C17H18N2O6.3CH4/c18-12-1-5-14(6-2-12)22-9-16(20)24-11-25-17(21)10-23-15-7-3-13(19)4-8-15;;;/h1-8H,9-11,18-19H2;3*1H4. The van der Waals surface area contributed by atoms with Crippen molar-refractivity contribution in [3.05, 3.63) is 48.5 Å². The fourth-order valence-corrected chi connectivity index (χ4v) is 1.66. The predicted octanol–water partition coefficient (Wildman–Crippen LogP) is 3.26. The molecule has 0 amide bonds. The number of nitrogens with two attached hydrogens (primary N) is 2. The van der Waals surface area contributed by atoms with Gasteiger partial charge in [0.05, 0.1) is 0 Å². The molecule has 0 heterocycles. The van der Waals surface area contributed by atoms with E-state index in [-0.39, 0.29) is 35.5 Å². The molecule has 0 aliphatic heterocycles. The Morgan fingerprint density at radius 2 is 0.964 bits per heavy atom. The number of esters is 2. The van der Waals surface area contributed by atoms with Crippen LogP contribution in [0.1, 0.15) is 22.3 Å². The van der Waals surface area contributed by atoms with Gasteiger partial charge in [-0.15, -0.1) is 0 Å². The van der Waals surface area contributed by atoms with Crippen LogP contribution in [0, 0.1) is 0 Å². The molecule has 0 aliphatic rings. The molecule has 0 aromatic heterocycles. The van der Waals surface area contributed by atoms with Crippen molar-refractivity contribution in [1.82, 2.24) is 0 Å². The van der Waals surface area contributed by atoms with E-state index < -0.39 is 18.7 Å². The first-order valence-corrected chi connectivity index (χ1v) is 7.31. The molecule has 0 fully saturated rings. The molecule has 0 atom stereocenters. The van der Waals surface area contributed by atoms with Crippen LogP contribution >= 0.6 is 0 Å². The van der Waals surface area contributed by atoms with Crippen LogP contribution in [0.2, 0.25) is 0 Å². The molecule has 28 heavy (non-hydrogen) atoms. The molecular formula is C20H30N2O6. The number of carbonyl (C=O) groups excluding carboxylic acids is 2. The van der Waals surface area contributed by atoms with Crippen LogP contribution in [0.4, 0.5) is 11.4 Å². The van der Waals surface area contributed by atoms with Crippen molar-refractivity contribution in [1.29, 1.82) is 0 Å². The van der Waals surface area contributed by atoms with Gasteiger partial charge >= 0.3 is 11.9 Å². The van der Waals surface area contributed by atoms with Gasteiger partial charge in [0.15, 0.2) is 13.2 Å². The van der Waals surface area contributed by atoms with Gasteiger partial charge in [0, 0.05) is 11.4 Å². The Kier molecular flexibility index (Phi) is 13.2. The fraction of sp³-hybridized carbons (Fsp3) is 0.300. The molecule has 0 saturated heterocycles. The van der Waals surface area contributed by atoms with Gasteiger partial charge in [0.1, 0.15) is 11.5 Å². The maximum atomic E-state index is 11.5. The van der Waals surface area contributed by atoms with Crippen molar-refractivity contribution >= 4 is 23.3 Å². The van der Waals surface area contributed by atoms with Crippen molar-refractivity contribution in [2.75, 3.05) is 31.5 Å². The summed E-state index contributed by atoms with van der Waals surface area (Å²) in [7, 11) is 0. The van der Waals surface area contributed by atoms with Gasteiger partial charge in [-0.1, -0.05) is 22.3 Å². The second kappa shape index (κ2) is 13.7. The quantitative estimate of drug-likeness (QED) is 0.397. The Bertz CT molecular complexity index is 640. The van der Waals surface area contributed by atoms with Crippen LogP contribution in [-0.4, -0.2) is 31.9 Å². The van der Waals surface area contributed by atoms with Crippen molar-refractivity contribution in [3.63, 3.8) is 0 Å². The van der Waals surface area contributed by atoms with Crippen LogP contribution < -0.4 is 20.9 Å². The first-order chi connectivity index (χ1) is 12.0. The maximum absolute atomic E-state index is 11.5. The molecule has 2 aromatic rings. The van der Waals surface area contributed by atoms with E-state index in [4.69, 9.17) is 30.4 Å². The Balaban J connectivity index is 0. The highest BCUT2D eigenvalue weighted by Crippen LogP contribution is 2.13. The van der Waals surface area contributed by atoms with E-state index in [1.54, 1.807) is 48.5 Å². The Labute approximate surface area is 166 Å². The molecule has 0 aliphatic carbocycles. The lowest BCUT2D eigenvalue weighted by Crippen LogP contribution is -2.21. The first kappa shape index (κ1) is 26.8. The average molecular weight is 394 g/mol. The summed E-state index contributed by atoms with van der Waals surface area (Å²) in [5, 5.41) is 0. The maximum Gasteiger partial charge on any atom is 0.347 e. The minimum Gasteiger partial charge on any atom is -0.482 e. The summed E-state index contributed by atoms with van der Waals surface area (Å²) < 4.78 is 19.8. The lowest BCUT2D eigenvalue weighted by Gasteiger charge is -2.09. The van der Waals surface area contributed by atoms with Gasteiger partial charge in [-0.3, -0.25) is 0 Å². The molecule has 8 nitrogen and oxygen atoms in total. The summed E-state index contributed by atoms with van der Waals surface area (Å²) in [4.78, 5) is 22.9. The molecule has 0 saturated carbocycles. The van der Waals surface area contributed by atoms with E-state index in [9.17, 15) is 9.59 Å². The second-order valence-corrected chi connectivity index (χ2v) is 4.87. The highest BCUT2D eigenvalue weighted by Gasteiger charge is 2.08. The summed E-state index contributed by atoms with van der Waals surface area (Å²) in [6, 6.07) is 13.1. The van der Waals surface area contributed by atoms with E-state index in [1.807, 2.05) is 0 Å². The SMILES string of the molecule is C.C.C.Nc1ccc(OCC(=O)OCOC(=O)COc2ccc(N)cc2)cc1. The zero-order valence-electron chi connectivity index (χ0n) is 13.3. The van der Waals surface area contributed by atoms with E-state index >= 15 is 0 Å². The third-order valence-electron chi connectivity index (χ3n) is 2.91. The molecule has 8 heteroatoms. The van der Waals surface area contributed by atoms with Crippen LogP contribution in [0.5, 0.6) is 11.5 Å². The minimum atomic E-state index is -0.677. The summed E-state index contributed by atoms with van der Waals surface area (Å²) in [5.74, 6) is -0.409. The highest BCUT2D eigenvalue weighted by molar-refractivity contribution is 5.72. The number of nitrogen functional groups attached to an aromatic ring is 2. The predicted molar refractivity (Wildman–Crippen MR) is 110 cm³/mol. The number of rotatable bonds is 8. The molecule has 0 bridgehead atoms. The number of ether oxygens (including phenoxy) is 4. The minimum absolute atomic E-state index is 0. The largest absolute Gasteiger partial charge is 0.482 e. The van der Waals surface area contributed by atoms with Crippen molar-refractivity contribution in [2.24, 2.45) is 0 Å². The van der Waals surface area contributed by atoms with Crippen LogP contribution in [0.25, 0.3) is 0 Å². The zero-order chi connectivity index (χ0) is 18.1. The Hall–Kier alpha value is -3.42. The van der Waals surface area contributed by atoms with Crippen LogP contribution in [0.3, 0.4) is 0 Å². The van der Waals surface area contributed by atoms with Crippen molar-refractivity contribution in [3.8, 4) is 11.5 Å². The summed E-state index contributed by atoms with van der Waals surface area (Å²) >= 11 is 0. The van der Waals surface area contributed by atoms with Gasteiger partial charge in [-0.05, 0) is 48.5 Å². The summed E-state index contributed by atoms with van der Waals surface area (Å²) in [6.07, 6.45) is 0. The number of hydrogen-bond donors (Lipinski definition) is 2. The van der Waals surface area contributed by atoms with Gasteiger partial charge in [0.2, 0.25) is 6.79 Å². The normalized spacial score (nSPS) is 8.86. The van der Waals surface area contributed by atoms with E-state index in [0.29, 0.717) is 22.9 Å². The van der Waals surface area contributed by atoms with E-state index in [0.717, 1.165) is 0 Å². The van der Waals surface area contributed by atoms with Gasteiger partial charge in [0.25, 0.3) is 0 Å². The molecule has 0 spiro atoms. The molecule has 156 valence electrons. The molecule has 2 aromatic carbocycles. The number of benzene rings is 2. The van der Waals surface area contributed by atoms with E-state index in [1.165, 1.54) is 0 Å². The second-order valence-electron chi connectivity index (χ2n) is 4.87. The fourth-order valence-electron chi connectivity index (χ4n) is 1.66. The van der Waals surface area contributed by atoms with Gasteiger partial charge < -0.3 is 30.4 Å². The summed E-state index contributed by atoms with van der Waals surface area (Å²) in [6.45, 7) is -1.15. The summed E-state index contributed by atoms with van der Waals surface area (Å²) in [5.41, 5.74) is 12.2. The topological polar surface area (TPSA) is 123 Å². The van der Waals surface area contributed by atoms with E-state index in [2.05, 4.69) is 0 Å². The number of hydrogen-bond acceptors (Lipinski definition) is 8. The van der Waals surface area contributed by atoms with Gasteiger partial charge in [-0.25, -0.2) is 9.59 Å². The first-order valence-electron chi connectivity index (χ1n) is 7.31. The smallest absolute Gasteiger partial charge is 0.347 e. The number of anilines is 2. The molecule has 2 rings (SSSR count). The molecule has 0 unspecified atom stereocenters. The van der Waals surface area contributed by atoms with Crippen LogP contribution in [0.15, 0.2) is 48.5 Å². The molecule has 0 radical (unpaired) electrons. The van der Waals surface area contributed by atoms with Gasteiger partial charge in [-0.2, -0.15) is 0 Å². The molecule has 4 N–H and O–H groups in total. The lowest BCUT2D eigenvalue weighted by atomic mass is 10.3. The third kappa shape index (κ3) is 9.91. The van der Waals surface area contributed by atoms with Crippen molar-refractivity contribution in [2.45, 2.75) is 22.3 Å². The Morgan fingerprint density at radius 3 is 1.29 bits per heavy atom. The number of carbonyl (C=O) groups is 2. The highest BCUT2D eigenvalue weighted by atomic mass is 16.7. The Morgan fingerprint density at radius 1 is 0.643 bits per heavy atom. The van der Waals surface area contributed by atoms with Crippen molar-refractivity contribution < 1.29 is 28.5 Å². The lowest BCUT2D eigenvalue weighted by molar-refractivity contribution is -0.169. The third-order valence-corrected chi connectivity index (χ3v) is 2.91. The monoisotopic (exact) mass is 394 g/mol. The molecular weight excluding hydrogens is 364 g/mol. The average Bonchev–Trinajstić information content (AvgIpc) is 2.61. The van der Waals surface area contributed by atoms with Crippen LogP contribution in [-0.2, 0) is 19.1 Å².